The summed E-state index contributed by atoms with van der Waals surface area (Å²) in [6.45, 7) is 1.93. The summed E-state index contributed by atoms with van der Waals surface area (Å²) in [4.78, 5) is 18.7. The van der Waals surface area contributed by atoms with Crippen LogP contribution in [-0.2, 0) is 9.84 Å². The molecule has 1 aliphatic heterocycles. The molecule has 0 spiro atoms. The van der Waals surface area contributed by atoms with Crippen LogP contribution in [0.4, 0.5) is 11.4 Å². The lowest BCUT2D eigenvalue weighted by atomic mass is 10.1. The number of carbonyl (C=O) groups excluding carboxylic acids is 1. The minimum atomic E-state index is -2.98. The maximum absolute atomic E-state index is 12.7. The van der Waals surface area contributed by atoms with Crippen LogP contribution in [0.1, 0.15) is 22.3 Å². The lowest BCUT2D eigenvalue weighted by Gasteiger charge is -2.25. The average Bonchev–Trinajstić information content (AvgIpc) is 3.01. The molecule has 2 aromatic rings. The van der Waals surface area contributed by atoms with Gasteiger partial charge in [-0.1, -0.05) is 6.07 Å². The summed E-state index contributed by atoms with van der Waals surface area (Å²) >= 11 is 0. The van der Waals surface area contributed by atoms with Crippen LogP contribution in [0, 0.1) is 6.92 Å². The van der Waals surface area contributed by atoms with Crippen molar-refractivity contribution in [2.45, 2.75) is 19.4 Å². The van der Waals surface area contributed by atoms with Crippen LogP contribution in [-0.4, -0.2) is 51.0 Å². The number of hydrogen-bond donors (Lipinski definition) is 1. The van der Waals surface area contributed by atoms with Crippen LogP contribution in [0.15, 0.2) is 36.7 Å². The van der Waals surface area contributed by atoms with Gasteiger partial charge in [-0.3, -0.25) is 9.78 Å². The molecule has 1 aliphatic rings. The number of carbonyl (C=O) groups is 1. The van der Waals surface area contributed by atoms with Gasteiger partial charge >= 0.3 is 0 Å². The molecule has 27 heavy (non-hydrogen) atoms. The zero-order valence-electron chi connectivity index (χ0n) is 15.6. The number of ether oxygens (including phenoxy) is 1. The molecule has 0 aliphatic carbocycles. The second-order valence-corrected chi connectivity index (χ2v) is 8.99. The highest BCUT2D eigenvalue weighted by molar-refractivity contribution is 7.91. The Morgan fingerprint density at radius 1 is 1.30 bits per heavy atom. The van der Waals surface area contributed by atoms with Crippen molar-refractivity contribution in [1.29, 1.82) is 0 Å². The van der Waals surface area contributed by atoms with Crippen LogP contribution >= 0.6 is 0 Å². The van der Waals surface area contributed by atoms with Crippen molar-refractivity contribution < 1.29 is 17.9 Å². The van der Waals surface area contributed by atoms with Crippen molar-refractivity contribution in [2.24, 2.45) is 0 Å². The van der Waals surface area contributed by atoms with Crippen LogP contribution in [0.25, 0.3) is 0 Å². The summed E-state index contributed by atoms with van der Waals surface area (Å²) in [7, 11) is 0.393. The molecule has 3 rings (SSSR count). The molecular formula is C19H23N3O4S. The summed E-state index contributed by atoms with van der Waals surface area (Å²) in [5, 5.41) is 2.85. The molecular weight excluding hydrogens is 366 g/mol. The number of amides is 1. The van der Waals surface area contributed by atoms with Crippen LogP contribution < -0.4 is 15.0 Å². The Kier molecular flexibility index (Phi) is 5.36. The molecule has 1 saturated heterocycles. The zero-order valence-corrected chi connectivity index (χ0v) is 16.4. The third-order valence-corrected chi connectivity index (χ3v) is 6.50. The highest BCUT2D eigenvalue weighted by atomic mass is 32.2. The third kappa shape index (κ3) is 4.39. The minimum absolute atomic E-state index is 0.105. The quantitative estimate of drug-likeness (QED) is 0.844. The number of anilines is 2. The number of benzene rings is 1. The van der Waals surface area contributed by atoms with E-state index in [0.29, 0.717) is 29.1 Å². The van der Waals surface area contributed by atoms with Gasteiger partial charge in [-0.25, -0.2) is 8.42 Å². The topological polar surface area (TPSA) is 88.6 Å². The zero-order chi connectivity index (χ0) is 19.6. The van der Waals surface area contributed by atoms with Crippen molar-refractivity contribution >= 4 is 27.1 Å². The second kappa shape index (κ2) is 7.56. The van der Waals surface area contributed by atoms with E-state index in [4.69, 9.17) is 4.74 Å². The average molecular weight is 389 g/mol. The van der Waals surface area contributed by atoms with Crippen molar-refractivity contribution in [3.05, 3.63) is 47.8 Å². The van der Waals surface area contributed by atoms with Gasteiger partial charge in [0.25, 0.3) is 5.91 Å². The fourth-order valence-electron chi connectivity index (χ4n) is 3.15. The first kappa shape index (κ1) is 19.2. The van der Waals surface area contributed by atoms with E-state index in [2.05, 4.69) is 10.3 Å². The number of aromatic nitrogens is 1. The van der Waals surface area contributed by atoms with E-state index in [9.17, 15) is 13.2 Å². The highest BCUT2D eigenvalue weighted by Crippen LogP contribution is 2.27. The Balaban J connectivity index is 1.79. The summed E-state index contributed by atoms with van der Waals surface area (Å²) in [6, 6.07) is 7.15. The maximum atomic E-state index is 12.7. The van der Waals surface area contributed by atoms with E-state index in [0.717, 1.165) is 5.56 Å². The van der Waals surface area contributed by atoms with E-state index in [1.807, 2.05) is 31.0 Å². The van der Waals surface area contributed by atoms with Gasteiger partial charge in [-0.05, 0) is 37.1 Å². The molecule has 0 bridgehead atoms. The molecule has 1 unspecified atom stereocenters. The van der Waals surface area contributed by atoms with Crippen molar-refractivity contribution in [2.75, 3.05) is 35.9 Å². The Hall–Kier alpha value is -2.61. The van der Waals surface area contributed by atoms with Gasteiger partial charge in [-0.15, -0.1) is 0 Å². The van der Waals surface area contributed by atoms with E-state index in [-0.39, 0.29) is 23.5 Å². The fourth-order valence-corrected chi connectivity index (χ4v) is 4.92. The first-order valence-corrected chi connectivity index (χ1v) is 10.5. The molecule has 1 aromatic heterocycles. The molecule has 0 saturated carbocycles. The van der Waals surface area contributed by atoms with Gasteiger partial charge in [0.2, 0.25) is 0 Å². The number of nitrogens with one attached hydrogen (secondary N) is 1. The van der Waals surface area contributed by atoms with Crippen molar-refractivity contribution in [3.8, 4) is 5.75 Å². The SMILES string of the molecule is COc1ccc(C)cc1NC(=O)c1cncc(N(C)C2CCS(=O)(=O)C2)c1. The predicted molar refractivity (Wildman–Crippen MR) is 105 cm³/mol. The maximum Gasteiger partial charge on any atom is 0.257 e. The van der Waals surface area contributed by atoms with Crippen LogP contribution in [0.3, 0.4) is 0 Å². The molecule has 8 heteroatoms. The molecule has 1 atom stereocenters. The van der Waals surface area contributed by atoms with Crippen LogP contribution in [0.2, 0.25) is 0 Å². The Bertz CT molecular complexity index is 959. The number of pyridine rings is 1. The smallest absolute Gasteiger partial charge is 0.257 e. The third-order valence-electron chi connectivity index (χ3n) is 4.75. The van der Waals surface area contributed by atoms with Crippen LogP contribution in [0.5, 0.6) is 5.75 Å². The van der Waals surface area contributed by atoms with E-state index >= 15 is 0 Å². The summed E-state index contributed by atoms with van der Waals surface area (Å²) < 4.78 is 28.7. The first-order chi connectivity index (χ1) is 12.8. The Morgan fingerprint density at radius 2 is 2.07 bits per heavy atom. The summed E-state index contributed by atoms with van der Waals surface area (Å²) in [5.41, 5.74) is 2.69. The summed E-state index contributed by atoms with van der Waals surface area (Å²) in [6.07, 6.45) is 3.70. The first-order valence-electron chi connectivity index (χ1n) is 8.63. The number of nitrogens with zero attached hydrogens (tertiary/aromatic N) is 2. The number of sulfone groups is 1. The predicted octanol–water partition coefficient (Wildman–Crippen LogP) is 2.27. The van der Waals surface area contributed by atoms with Crippen molar-refractivity contribution in [3.63, 3.8) is 0 Å². The normalized spacial score (nSPS) is 18.1. The van der Waals surface area contributed by atoms with Gasteiger partial charge in [-0.2, -0.15) is 0 Å². The standard InChI is InChI=1S/C19H23N3O4S/c1-13-4-5-18(26-3)17(8-13)21-19(23)14-9-16(11-20-10-14)22(2)15-6-7-27(24,25)12-15/h4-5,8-11,15H,6-7,12H2,1-3H3,(H,21,23). The lowest BCUT2D eigenvalue weighted by Crippen LogP contribution is -2.32. The van der Waals surface area contributed by atoms with E-state index in [1.54, 1.807) is 25.4 Å². The monoisotopic (exact) mass is 389 g/mol. The largest absolute Gasteiger partial charge is 0.495 e. The molecule has 1 aromatic carbocycles. The lowest BCUT2D eigenvalue weighted by molar-refractivity contribution is 0.102. The fraction of sp³-hybridized carbons (Fsp3) is 0.368. The van der Waals surface area contributed by atoms with Gasteiger partial charge in [0.15, 0.2) is 9.84 Å². The number of rotatable bonds is 5. The minimum Gasteiger partial charge on any atom is -0.495 e. The molecule has 0 radical (unpaired) electrons. The highest BCUT2D eigenvalue weighted by Gasteiger charge is 2.31. The number of aryl methyl sites for hydroxylation is 1. The van der Waals surface area contributed by atoms with E-state index < -0.39 is 9.84 Å². The van der Waals surface area contributed by atoms with Gasteiger partial charge in [0.05, 0.1) is 41.8 Å². The Labute approximate surface area is 159 Å². The van der Waals surface area contributed by atoms with E-state index in [1.165, 1.54) is 6.20 Å². The number of methoxy groups -OCH3 is 1. The summed E-state index contributed by atoms with van der Waals surface area (Å²) in [5.74, 6) is 0.593. The molecule has 1 amide bonds. The second-order valence-electron chi connectivity index (χ2n) is 6.76. The molecule has 7 nitrogen and oxygen atoms in total. The molecule has 144 valence electrons. The van der Waals surface area contributed by atoms with Crippen molar-refractivity contribution in [1.82, 2.24) is 4.98 Å². The number of hydrogen-bond acceptors (Lipinski definition) is 6. The Morgan fingerprint density at radius 3 is 2.74 bits per heavy atom. The molecule has 2 heterocycles. The van der Waals surface area contributed by atoms with Gasteiger partial charge < -0.3 is 15.0 Å². The van der Waals surface area contributed by atoms with Gasteiger partial charge in [0.1, 0.15) is 5.75 Å². The molecule has 1 N–H and O–H groups in total. The molecule has 1 fully saturated rings. The van der Waals surface area contributed by atoms with Gasteiger partial charge in [0, 0.05) is 19.3 Å².